The number of hydrogen-bond acceptors (Lipinski definition) is 3. The Morgan fingerprint density at radius 2 is 1.92 bits per heavy atom. The maximum absolute atomic E-state index is 12.2. The van der Waals surface area contributed by atoms with Crippen LogP contribution in [0, 0.1) is 0 Å². The molecule has 1 unspecified atom stereocenters. The summed E-state index contributed by atoms with van der Waals surface area (Å²) in [5, 5.41) is 0. The lowest BCUT2D eigenvalue weighted by Gasteiger charge is -2.14. The van der Waals surface area contributed by atoms with Gasteiger partial charge in [-0.2, -0.15) is 0 Å². The molecule has 25 heavy (non-hydrogen) atoms. The molecule has 1 fully saturated rings. The van der Waals surface area contributed by atoms with E-state index in [4.69, 9.17) is 4.74 Å². The van der Waals surface area contributed by atoms with Crippen molar-refractivity contribution in [3.05, 3.63) is 64.1 Å². The number of ether oxygens (including phenoxy) is 2. The predicted molar refractivity (Wildman–Crippen MR) is 86.9 cm³/mol. The molecule has 132 valence electrons. The molecule has 0 radical (unpaired) electrons. The van der Waals surface area contributed by atoms with Gasteiger partial charge in [0.05, 0.1) is 6.54 Å². The minimum absolute atomic E-state index is 0.246. The second-order valence-electron chi connectivity index (χ2n) is 5.50. The lowest BCUT2D eigenvalue weighted by Crippen LogP contribution is -2.23. The summed E-state index contributed by atoms with van der Waals surface area (Å²) in [5.41, 5.74) is 1.56. The van der Waals surface area contributed by atoms with E-state index in [0.717, 1.165) is 10.0 Å². The van der Waals surface area contributed by atoms with Gasteiger partial charge >= 0.3 is 12.5 Å². The Bertz CT molecular complexity index is 764. The van der Waals surface area contributed by atoms with E-state index < -0.39 is 12.5 Å². The summed E-state index contributed by atoms with van der Waals surface area (Å²) >= 11 is 3.37. The molecule has 1 atom stereocenters. The minimum Gasteiger partial charge on any atom is -0.439 e. The molecule has 1 aliphatic heterocycles. The number of amides is 1. The topological polar surface area (TPSA) is 38.8 Å². The average Bonchev–Trinajstić information content (AvgIpc) is 2.89. The summed E-state index contributed by atoms with van der Waals surface area (Å²) in [6.45, 7) is 0.617. The molecule has 1 saturated heterocycles. The van der Waals surface area contributed by atoms with Crippen molar-refractivity contribution in [3.8, 4) is 5.75 Å². The first-order valence-corrected chi connectivity index (χ1v) is 8.15. The van der Waals surface area contributed by atoms with Gasteiger partial charge in [0.25, 0.3) is 0 Å². The van der Waals surface area contributed by atoms with Crippen molar-refractivity contribution in [1.82, 2.24) is 4.90 Å². The van der Waals surface area contributed by atoms with Crippen LogP contribution in [0.2, 0.25) is 0 Å². The Morgan fingerprint density at radius 1 is 1.20 bits per heavy atom. The third-order valence-electron chi connectivity index (χ3n) is 3.64. The lowest BCUT2D eigenvalue weighted by molar-refractivity contribution is -0.274. The summed E-state index contributed by atoms with van der Waals surface area (Å²) in [4.78, 5) is 13.5. The second kappa shape index (κ2) is 6.95. The molecule has 2 aromatic rings. The highest BCUT2D eigenvalue weighted by atomic mass is 79.9. The molecule has 0 saturated carbocycles. The average molecular weight is 416 g/mol. The zero-order valence-corrected chi connectivity index (χ0v) is 14.4. The zero-order valence-electron chi connectivity index (χ0n) is 12.8. The summed E-state index contributed by atoms with van der Waals surface area (Å²) in [6.07, 6.45) is -5.56. The number of hydrogen-bond donors (Lipinski definition) is 0. The first kappa shape index (κ1) is 17.6. The molecule has 2 aromatic carbocycles. The fourth-order valence-electron chi connectivity index (χ4n) is 2.53. The summed E-state index contributed by atoms with van der Waals surface area (Å²) in [5.74, 6) is -0.299. The van der Waals surface area contributed by atoms with Crippen LogP contribution in [0.4, 0.5) is 18.0 Å². The van der Waals surface area contributed by atoms with Crippen LogP contribution in [0.3, 0.4) is 0 Å². The highest BCUT2D eigenvalue weighted by Crippen LogP contribution is 2.29. The molecular weight excluding hydrogens is 403 g/mol. The maximum atomic E-state index is 12.2. The molecule has 3 rings (SSSR count). The highest BCUT2D eigenvalue weighted by Gasteiger charge is 2.33. The van der Waals surface area contributed by atoms with Gasteiger partial charge in [0.15, 0.2) is 0 Å². The van der Waals surface area contributed by atoms with Gasteiger partial charge in [-0.1, -0.05) is 40.2 Å². The molecule has 1 heterocycles. The van der Waals surface area contributed by atoms with Crippen LogP contribution in [0.25, 0.3) is 0 Å². The quantitative estimate of drug-likeness (QED) is 0.701. The first-order valence-electron chi connectivity index (χ1n) is 7.36. The standard InChI is InChI=1S/C17H13BrF3NO3/c18-13-3-1-2-12(8-13)15-10-22(16(23)24-15)9-11-4-6-14(7-5-11)25-17(19,20)21/h1-8,15H,9-10H2. The molecular formula is C17H13BrF3NO3. The first-order chi connectivity index (χ1) is 11.8. The molecule has 1 amide bonds. The van der Waals surface area contributed by atoms with Gasteiger partial charge in [0.2, 0.25) is 0 Å². The largest absolute Gasteiger partial charge is 0.573 e. The molecule has 0 aromatic heterocycles. The van der Waals surface area contributed by atoms with Gasteiger partial charge in [-0.3, -0.25) is 4.90 Å². The van der Waals surface area contributed by atoms with Gasteiger partial charge in [-0.05, 0) is 35.4 Å². The lowest BCUT2D eigenvalue weighted by atomic mass is 10.1. The fraction of sp³-hybridized carbons (Fsp3) is 0.235. The molecule has 1 aliphatic rings. The summed E-state index contributed by atoms with van der Waals surface area (Å²) < 4.78 is 46.6. The van der Waals surface area contributed by atoms with Crippen molar-refractivity contribution >= 4 is 22.0 Å². The number of halogens is 4. The van der Waals surface area contributed by atoms with E-state index >= 15 is 0 Å². The van der Waals surface area contributed by atoms with Crippen LogP contribution >= 0.6 is 15.9 Å². The third-order valence-corrected chi connectivity index (χ3v) is 4.13. The zero-order chi connectivity index (χ0) is 18.0. The maximum Gasteiger partial charge on any atom is 0.573 e. The normalized spacial score (nSPS) is 17.5. The molecule has 0 aliphatic carbocycles. The van der Waals surface area contributed by atoms with E-state index in [9.17, 15) is 18.0 Å². The van der Waals surface area contributed by atoms with Crippen LogP contribution in [-0.4, -0.2) is 23.9 Å². The van der Waals surface area contributed by atoms with Crippen LogP contribution in [0.15, 0.2) is 53.0 Å². The summed E-state index contributed by atoms with van der Waals surface area (Å²) in [7, 11) is 0. The SMILES string of the molecule is O=C1OC(c2cccc(Br)c2)CN1Cc1ccc(OC(F)(F)F)cc1. The minimum atomic E-state index is -4.72. The van der Waals surface area contributed by atoms with Crippen molar-refractivity contribution in [2.75, 3.05) is 6.54 Å². The Morgan fingerprint density at radius 3 is 2.56 bits per heavy atom. The summed E-state index contributed by atoms with van der Waals surface area (Å²) in [6, 6.07) is 12.9. The van der Waals surface area contributed by atoms with Crippen molar-refractivity contribution in [2.45, 2.75) is 19.0 Å². The third kappa shape index (κ3) is 4.66. The van der Waals surface area contributed by atoms with Gasteiger partial charge in [-0.25, -0.2) is 4.79 Å². The van der Waals surface area contributed by atoms with Crippen LogP contribution in [-0.2, 0) is 11.3 Å². The Labute approximate surface area is 150 Å². The molecule has 8 heteroatoms. The van der Waals surface area contributed by atoms with Crippen molar-refractivity contribution in [1.29, 1.82) is 0 Å². The van der Waals surface area contributed by atoms with E-state index in [1.807, 2.05) is 24.3 Å². The van der Waals surface area contributed by atoms with E-state index in [1.165, 1.54) is 29.2 Å². The van der Waals surface area contributed by atoms with Gasteiger partial charge in [-0.15, -0.1) is 13.2 Å². The molecule has 0 N–H and O–H groups in total. The van der Waals surface area contributed by atoms with E-state index in [0.29, 0.717) is 12.1 Å². The van der Waals surface area contributed by atoms with Crippen LogP contribution in [0.1, 0.15) is 17.2 Å². The van der Waals surface area contributed by atoms with Crippen molar-refractivity contribution in [3.63, 3.8) is 0 Å². The van der Waals surface area contributed by atoms with Crippen molar-refractivity contribution < 1.29 is 27.4 Å². The molecule has 0 spiro atoms. The smallest absolute Gasteiger partial charge is 0.439 e. The predicted octanol–water partition coefficient (Wildman–Crippen LogP) is 5.04. The van der Waals surface area contributed by atoms with Gasteiger partial charge < -0.3 is 9.47 Å². The number of carbonyl (C=O) groups excluding carboxylic acids is 1. The second-order valence-corrected chi connectivity index (χ2v) is 6.42. The fourth-order valence-corrected chi connectivity index (χ4v) is 2.95. The molecule has 4 nitrogen and oxygen atoms in total. The number of carbonyl (C=O) groups is 1. The highest BCUT2D eigenvalue weighted by molar-refractivity contribution is 9.10. The Balaban J connectivity index is 1.64. The Hall–Kier alpha value is -2.22. The van der Waals surface area contributed by atoms with Gasteiger partial charge in [0.1, 0.15) is 11.9 Å². The molecule has 0 bridgehead atoms. The number of nitrogens with zero attached hydrogens (tertiary/aromatic N) is 1. The van der Waals surface area contributed by atoms with Crippen LogP contribution in [0.5, 0.6) is 5.75 Å². The number of cyclic esters (lactones) is 1. The van der Waals surface area contributed by atoms with Gasteiger partial charge in [0, 0.05) is 11.0 Å². The number of rotatable bonds is 4. The van der Waals surface area contributed by atoms with Crippen LogP contribution < -0.4 is 4.74 Å². The number of alkyl halides is 3. The van der Waals surface area contributed by atoms with Crippen molar-refractivity contribution in [2.24, 2.45) is 0 Å². The number of benzene rings is 2. The monoisotopic (exact) mass is 415 g/mol. The van der Waals surface area contributed by atoms with E-state index in [1.54, 1.807) is 0 Å². The Kier molecular flexibility index (Phi) is 4.89. The van der Waals surface area contributed by atoms with E-state index in [-0.39, 0.29) is 18.4 Å². The van der Waals surface area contributed by atoms with E-state index in [2.05, 4.69) is 20.7 Å².